The lowest BCUT2D eigenvalue weighted by molar-refractivity contribution is 1.13. The second-order valence-corrected chi connectivity index (χ2v) is 12.3. The maximum Gasteiger partial charge on any atom is 0.0548 e. The first-order valence-corrected chi connectivity index (χ1v) is 15.9. The predicted octanol–water partition coefficient (Wildman–Crippen LogP) is 11.3. The van der Waals surface area contributed by atoms with E-state index in [1.54, 1.807) is 0 Å². The number of para-hydroxylation sites is 4. The van der Waals surface area contributed by atoms with Crippen molar-refractivity contribution in [2.75, 3.05) is 0 Å². The molecule has 0 saturated carbocycles. The van der Waals surface area contributed by atoms with Crippen LogP contribution in [0.4, 0.5) is 0 Å². The molecule has 3 nitrogen and oxygen atoms in total. The Balaban J connectivity index is 1.31. The highest BCUT2D eigenvalue weighted by molar-refractivity contribution is 6.29. The first kappa shape index (κ1) is 25.3. The monoisotopic (exact) mass is 587 g/mol. The van der Waals surface area contributed by atoms with Gasteiger partial charge < -0.3 is 13.7 Å². The van der Waals surface area contributed by atoms with E-state index in [0.717, 1.165) is 11.4 Å². The Morgan fingerprint density at radius 3 is 1.39 bits per heavy atom. The predicted molar refractivity (Wildman–Crippen MR) is 194 cm³/mol. The topological polar surface area (TPSA) is 14.8 Å². The zero-order chi connectivity index (χ0) is 30.4. The summed E-state index contributed by atoms with van der Waals surface area (Å²) in [6.07, 6.45) is 0. The van der Waals surface area contributed by atoms with Gasteiger partial charge in [-0.25, -0.2) is 0 Å². The van der Waals surface area contributed by atoms with Crippen molar-refractivity contribution in [1.82, 2.24) is 13.7 Å². The van der Waals surface area contributed by atoms with Crippen LogP contribution in [-0.4, -0.2) is 13.7 Å². The Hall–Kier alpha value is -6.06. The molecule has 10 rings (SSSR count). The highest BCUT2D eigenvalue weighted by Gasteiger charge is 2.21. The zero-order valence-electron chi connectivity index (χ0n) is 25.4. The standard InChI is InChI=1S/C43H29N3/c1-28-22-23-39-35(26-28)43-41(25-24-40-42(43)34-18-7-10-21-38(34)44(40)29-12-3-2-4-13-29)46(39)31-15-11-14-30(27-31)45-36-19-8-5-16-32(36)33-17-6-9-20-37(33)45/h2-27H,1H3. The molecule has 216 valence electrons. The van der Waals surface area contributed by atoms with Gasteiger partial charge in [0.05, 0.1) is 33.1 Å². The lowest BCUT2D eigenvalue weighted by Gasteiger charge is -2.13. The van der Waals surface area contributed by atoms with Crippen LogP contribution in [0.2, 0.25) is 0 Å². The van der Waals surface area contributed by atoms with Crippen molar-refractivity contribution in [2.24, 2.45) is 0 Å². The normalized spacial score (nSPS) is 12.0. The first-order valence-electron chi connectivity index (χ1n) is 15.9. The van der Waals surface area contributed by atoms with E-state index in [1.165, 1.54) is 76.7 Å². The van der Waals surface area contributed by atoms with Crippen LogP contribution in [0.5, 0.6) is 0 Å². The van der Waals surface area contributed by atoms with Crippen LogP contribution in [0.25, 0.3) is 82.5 Å². The third-order valence-electron chi connectivity index (χ3n) is 9.66. The Bertz CT molecular complexity index is 2760. The van der Waals surface area contributed by atoms with E-state index in [1.807, 2.05) is 0 Å². The van der Waals surface area contributed by atoms with Gasteiger partial charge in [-0.3, -0.25) is 0 Å². The highest BCUT2D eigenvalue weighted by Crippen LogP contribution is 2.43. The van der Waals surface area contributed by atoms with E-state index in [4.69, 9.17) is 0 Å². The van der Waals surface area contributed by atoms with Gasteiger partial charge in [-0.15, -0.1) is 0 Å². The number of aromatic nitrogens is 3. The lowest BCUT2D eigenvalue weighted by Crippen LogP contribution is -1.98. The number of nitrogens with zero attached hydrogens (tertiary/aromatic N) is 3. The van der Waals surface area contributed by atoms with Crippen LogP contribution in [0.3, 0.4) is 0 Å². The molecule has 0 atom stereocenters. The van der Waals surface area contributed by atoms with Gasteiger partial charge in [0.1, 0.15) is 0 Å². The van der Waals surface area contributed by atoms with Crippen molar-refractivity contribution in [3.8, 4) is 17.1 Å². The molecule has 0 unspecified atom stereocenters. The summed E-state index contributed by atoms with van der Waals surface area (Å²) in [6, 6.07) is 57.5. The molecule has 3 aromatic heterocycles. The number of fused-ring (bicyclic) bond motifs is 10. The highest BCUT2D eigenvalue weighted by atomic mass is 15.0. The Kier molecular flexibility index (Phi) is 5.20. The van der Waals surface area contributed by atoms with Crippen molar-refractivity contribution in [3.05, 3.63) is 163 Å². The van der Waals surface area contributed by atoms with E-state index in [0.29, 0.717) is 0 Å². The molecule has 0 fully saturated rings. The van der Waals surface area contributed by atoms with E-state index in [2.05, 4.69) is 178 Å². The van der Waals surface area contributed by atoms with Crippen molar-refractivity contribution in [2.45, 2.75) is 6.92 Å². The number of rotatable bonds is 3. The number of hydrogen-bond donors (Lipinski definition) is 0. The Labute approximate surface area is 265 Å². The third-order valence-corrected chi connectivity index (χ3v) is 9.66. The molecule has 3 heteroatoms. The van der Waals surface area contributed by atoms with Gasteiger partial charge in [0.2, 0.25) is 0 Å². The molecule has 0 aliphatic carbocycles. The molecule has 0 aliphatic rings. The quantitative estimate of drug-likeness (QED) is 0.195. The third kappa shape index (κ3) is 3.43. The molecule has 3 heterocycles. The van der Waals surface area contributed by atoms with Crippen molar-refractivity contribution >= 4 is 65.4 Å². The molecule has 0 aliphatic heterocycles. The van der Waals surface area contributed by atoms with Crippen molar-refractivity contribution < 1.29 is 0 Å². The molecule has 7 aromatic carbocycles. The van der Waals surface area contributed by atoms with Gasteiger partial charge in [-0.1, -0.05) is 90.5 Å². The van der Waals surface area contributed by atoms with Crippen LogP contribution in [0.1, 0.15) is 5.56 Å². The lowest BCUT2D eigenvalue weighted by atomic mass is 10.0. The maximum atomic E-state index is 2.45. The summed E-state index contributed by atoms with van der Waals surface area (Å²) in [7, 11) is 0. The fraction of sp³-hybridized carbons (Fsp3) is 0.0233. The molecular formula is C43H29N3. The van der Waals surface area contributed by atoms with Crippen LogP contribution >= 0.6 is 0 Å². The minimum Gasteiger partial charge on any atom is -0.309 e. The number of aryl methyl sites for hydroxylation is 1. The fourth-order valence-corrected chi connectivity index (χ4v) is 7.79. The molecule has 0 spiro atoms. The van der Waals surface area contributed by atoms with E-state index in [9.17, 15) is 0 Å². The molecule has 46 heavy (non-hydrogen) atoms. The van der Waals surface area contributed by atoms with Gasteiger partial charge in [-0.05, 0) is 79.7 Å². The summed E-state index contributed by atoms with van der Waals surface area (Å²) in [5.41, 5.74) is 12.0. The summed E-state index contributed by atoms with van der Waals surface area (Å²) in [4.78, 5) is 0. The average Bonchev–Trinajstić information content (AvgIpc) is 3.74. The van der Waals surface area contributed by atoms with Crippen molar-refractivity contribution in [1.29, 1.82) is 0 Å². The van der Waals surface area contributed by atoms with E-state index < -0.39 is 0 Å². The van der Waals surface area contributed by atoms with Gasteiger partial charge in [0.25, 0.3) is 0 Å². The van der Waals surface area contributed by atoms with Crippen LogP contribution in [0.15, 0.2) is 158 Å². The molecule has 0 amide bonds. The second kappa shape index (κ2) is 9.47. The first-order chi connectivity index (χ1) is 22.8. The number of benzene rings is 7. The minimum atomic E-state index is 1.15. The van der Waals surface area contributed by atoms with Crippen LogP contribution in [0, 0.1) is 6.92 Å². The van der Waals surface area contributed by atoms with Gasteiger partial charge in [-0.2, -0.15) is 0 Å². The van der Waals surface area contributed by atoms with Gasteiger partial charge >= 0.3 is 0 Å². The summed E-state index contributed by atoms with van der Waals surface area (Å²) < 4.78 is 7.26. The van der Waals surface area contributed by atoms with Crippen molar-refractivity contribution in [3.63, 3.8) is 0 Å². The summed E-state index contributed by atoms with van der Waals surface area (Å²) in [5, 5.41) is 7.68. The number of hydrogen-bond acceptors (Lipinski definition) is 0. The van der Waals surface area contributed by atoms with E-state index in [-0.39, 0.29) is 0 Å². The fourth-order valence-electron chi connectivity index (χ4n) is 7.79. The molecular weight excluding hydrogens is 558 g/mol. The average molecular weight is 588 g/mol. The Morgan fingerprint density at radius 2 is 0.739 bits per heavy atom. The summed E-state index contributed by atoms with van der Waals surface area (Å²) >= 11 is 0. The van der Waals surface area contributed by atoms with Crippen LogP contribution < -0.4 is 0 Å². The Morgan fingerprint density at radius 1 is 0.304 bits per heavy atom. The zero-order valence-corrected chi connectivity index (χ0v) is 25.4. The molecule has 10 aromatic rings. The molecule has 0 saturated heterocycles. The maximum absolute atomic E-state index is 2.45. The molecule has 0 bridgehead atoms. The minimum absolute atomic E-state index is 1.15. The molecule has 0 radical (unpaired) electrons. The largest absolute Gasteiger partial charge is 0.309 e. The van der Waals surface area contributed by atoms with E-state index >= 15 is 0 Å². The summed E-state index contributed by atoms with van der Waals surface area (Å²) in [5.74, 6) is 0. The summed E-state index contributed by atoms with van der Waals surface area (Å²) in [6.45, 7) is 2.19. The van der Waals surface area contributed by atoms with Crippen LogP contribution in [-0.2, 0) is 0 Å². The van der Waals surface area contributed by atoms with Gasteiger partial charge in [0, 0.05) is 49.4 Å². The second-order valence-electron chi connectivity index (χ2n) is 12.3. The SMILES string of the molecule is Cc1ccc2c(c1)c1c3c4ccccc4n(-c4ccccc4)c3ccc1n2-c1cccc(-n2c3ccccc3c3ccccc32)c1. The smallest absolute Gasteiger partial charge is 0.0548 e. The molecule has 0 N–H and O–H groups in total. The van der Waals surface area contributed by atoms with Gasteiger partial charge in [0.15, 0.2) is 0 Å².